The van der Waals surface area contributed by atoms with Gasteiger partial charge in [-0.2, -0.15) is 0 Å². The Kier molecular flexibility index (Phi) is 5.86. The van der Waals surface area contributed by atoms with Crippen LogP contribution in [-0.2, 0) is 9.53 Å². The van der Waals surface area contributed by atoms with Gasteiger partial charge in [-0.1, -0.05) is 24.3 Å². The number of ether oxygens (including phenoxy) is 1. The number of nitrogens with one attached hydrogen (secondary N) is 1. The first kappa shape index (κ1) is 19.8. The summed E-state index contributed by atoms with van der Waals surface area (Å²) in [5.74, 6) is 2.60. The lowest BCUT2D eigenvalue weighted by Gasteiger charge is -2.38. The number of pyridine rings is 1. The zero-order valence-corrected chi connectivity index (χ0v) is 17.6. The van der Waals surface area contributed by atoms with Crippen molar-refractivity contribution in [1.29, 1.82) is 0 Å². The van der Waals surface area contributed by atoms with Crippen LogP contribution < -0.4 is 5.32 Å². The van der Waals surface area contributed by atoms with Crippen molar-refractivity contribution in [2.24, 2.45) is 11.8 Å². The molecule has 6 nitrogen and oxygen atoms in total. The SMILES string of the molecule is O=C1CO[C@@H](CNc2nccc3ccccc23)CN1CC1CCN(CC2CC2)CC1. The average Bonchev–Trinajstić information content (AvgIpc) is 3.59. The van der Waals surface area contributed by atoms with E-state index in [1.54, 1.807) is 0 Å². The molecule has 2 saturated heterocycles. The molecule has 0 radical (unpaired) electrons. The lowest BCUT2D eigenvalue weighted by atomic mass is 9.95. The molecule has 3 heterocycles. The van der Waals surface area contributed by atoms with Crippen LogP contribution in [0.2, 0.25) is 0 Å². The highest BCUT2D eigenvalue weighted by Gasteiger charge is 2.31. The maximum Gasteiger partial charge on any atom is 0.248 e. The molecule has 5 rings (SSSR count). The smallest absolute Gasteiger partial charge is 0.248 e. The van der Waals surface area contributed by atoms with E-state index in [1.165, 1.54) is 50.7 Å². The van der Waals surface area contributed by atoms with Crippen molar-refractivity contribution in [1.82, 2.24) is 14.8 Å². The molecule has 1 aromatic carbocycles. The van der Waals surface area contributed by atoms with Gasteiger partial charge >= 0.3 is 0 Å². The van der Waals surface area contributed by atoms with Crippen LogP contribution in [0, 0.1) is 11.8 Å². The molecule has 1 saturated carbocycles. The highest BCUT2D eigenvalue weighted by Crippen LogP contribution is 2.31. The molecular formula is C24H32N4O2. The zero-order valence-electron chi connectivity index (χ0n) is 17.6. The average molecular weight is 409 g/mol. The van der Waals surface area contributed by atoms with Crippen LogP contribution in [-0.4, -0.2) is 72.7 Å². The number of carbonyl (C=O) groups is 1. The first-order chi connectivity index (χ1) is 14.7. The van der Waals surface area contributed by atoms with Crippen molar-refractivity contribution < 1.29 is 9.53 Å². The van der Waals surface area contributed by atoms with Crippen molar-refractivity contribution in [2.75, 3.05) is 51.2 Å². The highest BCUT2D eigenvalue weighted by atomic mass is 16.5. The Labute approximate surface area is 178 Å². The summed E-state index contributed by atoms with van der Waals surface area (Å²) in [6.45, 7) is 6.07. The minimum atomic E-state index is -0.00146. The second kappa shape index (κ2) is 8.90. The van der Waals surface area contributed by atoms with Crippen LogP contribution in [0.15, 0.2) is 36.5 Å². The predicted octanol–water partition coefficient (Wildman–Crippen LogP) is 3.00. The molecule has 1 amide bonds. The van der Waals surface area contributed by atoms with Crippen molar-refractivity contribution >= 4 is 22.5 Å². The van der Waals surface area contributed by atoms with E-state index in [0.29, 0.717) is 19.0 Å². The first-order valence-corrected chi connectivity index (χ1v) is 11.4. The van der Waals surface area contributed by atoms with Crippen LogP contribution >= 0.6 is 0 Å². The predicted molar refractivity (Wildman–Crippen MR) is 118 cm³/mol. The van der Waals surface area contributed by atoms with Crippen LogP contribution in [0.4, 0.5) is 5.82 Å². The monoisotopic (exact) mass is 408 g/mol. The molecule has 0 unspecified atom stereocenters. The number of hydrogen-bond acceptors (Lipinski definition) is 5. The molecule has 0 spiro atoms. The third-order valence-corrected chi connectivity index (χ3v) is 6.79. The lowest BCUT2D eigenvalue weighted by Crippen LogP contribution is -2.51. The van der Waals surface area contributed by atoms with Gasteiger partial charge in [-0.15, -0.1) is 0 Å². The van der Waals surface area contributed by atoms with Gasteiger partial charge in [-0.3, -0.25) is 4.79 Å². The molecule has 1 N–H and O–H groups in total. The van der Waals surface area contributed by atoms with Gasteiger partial charge in [0.2, 0.25) is 5.91 Å². The summed E-state index contributed by atoms with van der Waals surface area (Å²) in [4.78, 5) is 21.6. The molecule has 0 bridgehead atoms. The Morgan fingerprint density at radius 1 is 1.03 bits per heavy atom. The van der Waals surface area contributed by atoms with Crippen LogP contribution in [0.25, 0.3) is 10.8 Å². The number of likely N-dealkylation sites (tertiary alicyclic amines) is 1. The van der Waals surface area contributed by atoms with Gasteiger partial charge in [-0.05, 0) is 62.1 Å². The number of anilines is 1. The Morgan fingerprint density at radius 2 is 1.83 bits per heavy atom. The quantitative estimate of drug-likeness (QED) is 0.763. The summed E-state index contributed by atoms with van der Waals surface area (Å²) in [6.07, 6.45) is 7.09. The molecule has 6 heteroatoms. The minimum absolute atomic E-state index is 0.00146. The summed E-state index contributed by atoms with van der Waals surface area (Å²) in [5, 5.41) is 5.73. The summed E-state index contributed by atoms with van der Waals surface area (Å²) < 4.78 is 5.82. The van der Waals surface area contributed by atoms with Crippen molar-refractivity contribution in [2.45, 2.75) is 31.8 Å². The Bertz CT molecular complexity index is 871. The normalized spacial score (nSPS) is 23.8. The van der Waals surface area contributed by atoms with E-state index in [0.717, 1.165) is 23.7 Å². The molecule has 2 aliphatic heterocycles. The van der Waals surface area contributed by atoms with E-state index in [4.69, 9.17) is 4.74 Å². The molecule has 3 fully saturated rings. The van der Waals surface area contributed by atoms with Gasteiger partial charge in [0, 0.05) is 37.8 Å². The van der Waals surface area contributed by atoms with Gasteiger partial charge in [0.1, 0.15) is 12.4 Å². The summed E-state index contributed by atoms with van der Waals surface area (Å²) in [7, 11) is 0. The zero-order chi connectivity index (χ0) is 20.3. The largest absolute Gasteiger partial charge is 0.367 e. The maximum absolute atomic E-state index is 12.4. The first-order valence-electron chi connectivity index (χ1n) is 11.4. The number of benzene rings is 1. The number of hydrogen-bond donors (Lipinski definition) is 1. The van der Waals surface area contributed by atoms with Crippen molar-refractivity contribution in [3.05, 3.63) is 36.5 Å². The van der Waals surface area contributed by atoms with Crippen molar-refractivity contribution in [3.8, 4) is 0 Å². The van der Waals surface area contributed by atoms with Gasteiger partial charge in [0.15, 0.2) is 0 Å². The highest BCUT2D eigenvalue weighted by molar-refractivity contribution is 5.91. The number of piperidine rings is 1. The summed E-state index contributed by atoms with van der Waals surface area (Å²) >= 11 is 0. The fraction of sp³-hybridized carbons (Fsp3) is 0.583. The third-order valence-electron chi connectivity index (χ3n) is 6.79. The molecule has 30 heavy (non-hydrogen) atoms. The van der Waals surface area contributed by atoms with E-state index in [-0.39, 0.29) is 18.6 Å². The van der Waals surface area contributed by atoms with E-state index >= 15 is 0 Å². The Morgan fingerprint density at radius 3 is 2.67 bits per heavy atom. The van der Waals surface area contributed by atoms with Gasteiger partial charge in [0.25, 0.3) is 0 Å². The molecule has 1 aromatic heterocycles. The Balaban J connectivity index is 1.13. The molecule has 1 aliphatic carbocycles. The fourth-order valence-corrected chi connectivity index (χ4v) is 4.78. The lowest BCUT2D eigenvalue weighted by molar-refractivity contribution is -0.149. The fourth-order valence-electron chi connectivity index (χ4n) is 4.78. The van der Waals surface area contributed by atoms with E-state index in [9.17, 15) is 4.79 Å². The van der Waals surface area contributed by atoms with Crippen LogP contribution in [0.1, 0.15) is 25.7 Å². The number of rotatable bonds is 7. The standard InChI is InChI=1S/C24H32N4O2/c29-23-17-30-21(13-26-24-22-4-2-1-3-20(22)7-10-25-24)16-28(23)15-19-8-11-27(12-9-19)14-18-5-6-18/h1-4,7,10,18-19,21H,5-6,8-9,11-17H2,(H,25,26)/t21-/m0/s1. The molecule has 160 valence electrons. The summed E-state index contributed by atoms with van der Waals surface area (Å²) in [6, 6.07) is 10.3. The third kappa shape index (κ3) is 4.76. The van der Waals surface area contributed by atoms with Gasteiger partial charge in [0.05, 0.1) is 6.10 Å². The topological polar surface area (TPSA) is 57.7 Å². The molecule has 3 aliphatic rings. The Hall–Kier alpha value is -2.18. The number of aromatic nitrogens is 1. The molecule has 1 atom stereocenters. The number of nitrogens with zero attached hydrogens (tertiary/aromatic N) is 3. The van der Waals surface area contributed by atoms with E-state index in [1.807, 2.05) is 29.3 Å². The second-order valence-corrected chi connectivity index (χ2v) is 9.18. The van der Waals surface area contributed by atoms with Gasteiger partial charge in [-0.25, -0.2) is 4.98 Å². The number of fused-ring (bicyclic) bond motifs is 1. The van der Waals surface area contributed by atoms with E-state index < -0.39 is 0 Å². The molecular weight excluding hydrogens is 376 g/mol. The van der Waals surface area contributed by atoms with Gasteiger partial charge < -0.3 is 19.9 Å². The van der Waals surface area contributed by atoms with Crippen LogP contribution in [0.3, 0.4) is 0 Å². The molecule has 2 aromatic rings. The minimum Gasteiger partial charge on any atom is -0.367 e. The van der Waals surface area contributed by atoms with E-state index in [2.05, 4.69) is 27.3 Å². The number of morpholine rings is 1. The second-order valence-electron chi connectivity index (χ2n) is 9.18. The maximum atomic E-state index is 12.4. The number of carbonyl (C=O) groups excluding carboxylic acids is 1. The van der Waals surface area contributed by atoms with Crippen molar-refractivity contribution in [3.63, 3.8) is 0 Å². The summed E-state index contributed by atoms with van der Waals surface area (Å²) in [5.41, 5.74) is 0. The van der Waals surface area contributed by atoms with Crippen LogP contribution in [0.5, 0.6) is 0 Å². The number of amides is 1.